The molecule has 0 aliphatic heterocycles. The van der Waals surface area contributed by atoms with Gasteiger partial charge in [-0.3, -0.25) is 0 Å². The molecule has 2 aromatic carbocycles. The quantitative estimate of drug-likeness (QED) is 0.401. The van der Waals surface area contributed by atoms with E-state index in [9.17, 15) is 0 Å². The molecule has 27 heavy (non-hydrogen) atoms. The highest BCUT2D eigenvalue weighted by molar-refractivity contribution is 7.17. The number of nitrogens with zero attached hydrogens (tertiary/aromatic N) is 2. The Morgan fingerprint density at radius 3 is 2.37 bits per heavy atom. The van der Waals surface area contributed by atoms with Crippen molar-refractivity contribution in [1.29, 1.82) is 0 Å². The van der Waals surface area contributed by atoms with Gasteiger partial charge in [-0.1, -0.05) is 41.4 Å². The summed E-state index contributed by atoms with van der Waals surface area (Å²) in [4.78, 5) is 10.1. The van der Waals surface area contributed by atoms with Crippen molar-refractivity contribution in [2.45, 2.75) is 6.92 Å². The third-order valence-corrected chi connectivity index (χ3v) is 5.65. The Bertz CT molecular complexity index is 1110. The third kappa shape index (κ3) is 3.46. The van der Waals surface area contributed by atoms with Gasteiger partial charge in [-0.2, -0.15) is 0 Å². The molecule has 4 rings (SSSR count). The maximum atomic E-state index is 6.33. The van der Waals surface area contributed by atoms with Gasteiger partial charge in [0.1, 0.15) is 22.2 Å². The second kappa shape index (κ2) is 7.35. The molecular formula is C20H15Cl2N3OS. The maximum Gasteiger partial charge on any atom is 0.143 e. The largest absolute Gasteiger partial charge is 0.497 e. The Kier molecular flexibility index (Phi) is 4.91. The molecule has 0 fully saturated rings. The van der Waals surface area contributed by atoms with Gasteiger partial charge in [-0.25, -0.2) is 9.97 Å². The monoisotopic (exact) mass is 415 g/mol. The van der Waals surface area contributed by atoms with E-state index < -0.39 is 0 Å². The number of hydrogen-bond donors (Lipinski definition) is 1. The summed E-state index contributed by atoms with van der Waals surface area (Å²) >= 11 is 14.2. The number of nitrogens with one attached hydrogen (secondary N) is 1. The highest BCUT2D eigenvalue weighted by Gasteiger charge is 2.16. The Hall–Kier alpha value is -2.34. The normalized spacial score (nSPS) is 11.0. The van der Waals surface area contributed by atoms with Crippen LogP contribution in [0.5, 0.6) is 5.75 Å². The van der Waals surface area contributed by atoms with Crippen molar-refractivity contribution in [2.75, 3.05) is 12.4 Å². The van der Waals surface area contributed by atoms with E-state index in [1.165, 1.54) is 0 Å². The van der Waals surface area contributed by atoms with Crippen molar-refractivity contribution in [2.24, 2.45) is 0 Å². The summed E-state index contributed by atoms with van der Waals surface area (Å²) in [5.74, 6) is 2.17. The van der Waals surface area contributed by atoms with Gasteiger partial charge >= 0.3 is 0 Å². The summed E-state index contributed by atoms with van der Waals surface area (Å²) in [7, 11) is 1.65. The molecule has 136 valence electrons. The van der Waals surface area contributed by atoms with Crippen molar-refractivity contribution in [3.05, 3.63) is 63.7 Å². The summed E-state index contributed by atoms with van der Waals surface area (Å²) < 4.78 is 5.26. The predicted octanol–water partition coefficient (Wildman–Crippen LogP) is 6.73. The van der Waals surface area contributed by atoms with Crippen LogP contribution in [0.2, 0.25) is 10.0 Å². The van der Waals surface area contributed by atoms with Crippen LogP contribution in [0.1, 0.15) is 5.82 Å². The molecule has 2 aromatic heterocycles. The second-order valence-electron chi connectivity index (χ2n) is 5.90. The molecule has 0 bridgehead atoms. The van der Waals surface area contributed by atoms with Crippen LogP contribution in [-0.4, -0.2) is 17.1 Å². The fraction of sp³-hybridized carbons (Fsp3) is 0.100. The molecule has 7 heteroatoms. The standard InChI is InChI=1S/C20H15Cl2N3OS/c1-11-23-19(25-18-15(21)4-3-5-16(18)22)17-14(10-27-20(17)24-11)12-6-8-13(26-2)9-7-12/h3-10H,1-2H3,(H,23,24,25). The first-order valence-corrected chi connectivity index (χ1v) is 9.81. The van der Waals surface area contributed by atoms with E-state index in [0.29, 0.717) is 27.4 Å². The molecule has 0 saturated carbocycles. The Labute approximate surface area is 170 Å². The number of thiophene rings is 1. The lowest BCUT2D eigenvalue weighted by Gasteiger charge is -2.12. The zero-order valence-electron chi connectivity index (χ0n) is 14.6. The van der Waals surface area contributed by atoms with Crippen LogP contribution in [0.4, 0.5) is 11.5 Å². The van der Waals surface area contributed by atoms with E-state index in [1.807, 2.05) is 37.3 Å². The van der Waals surface area contributed by atoms with Gasteiger partial charge in [0.2, 0.25) is 0 Å². The molecule has 0 atom stereocenters. The summed E-state index contributed by atoms with van der Waals surface area (Å²) in [5, 5.41) is 7.40. The number of hydrogen-bond acceptors (Lipinski definition) is 5. The first kappa shape index (κ1) is 18.0. The number of benzene rings is 2. The van der Waals surface area contributed by atoms with Crippen molar-refractivity contribution >= 4 is 56.3 Å². The molecule has 0 aliphatic carbocycles. The number of anilines is 2. The van der Waals surface area contributed by atoms with E-state index in [4.69, 9.17) is 27.9 Å². The molecule has 0 amide bonds. The fourth-order valence-corrected chi connectivity index (χ4v) is 4.34. The Morgan fingerprint density at radius 1 is 1.00 bits per heavy atom. The minimum atomic E-state index is 0.535. The van der Waals surface area contributed by atoms with Crippen LogP contribution < -0.4 is 10.1 Å². The molecule has 0 unspecified atom stereocenters. The van der Waals surface area contributed by atoms with E-state index in [1.54, 1.807) is 30.6 Å². The van der Waals surface area contributed by atoms with E-state index in [-0.39, 0.29) is 0 Å². The molecule has 0 spiro atoms. The first-order chi connectivity index (χ1) is 13.1. The van der Waals surface area contributed by atoms with Crippen LogP contribution >= 0.6 is 34.5 Å². The summed E-state index contributed by atoms with van der Waals surface area (Å²) in [6.45, 7) is 1.87. The van der Waals surface area contributed by atoms with Gasteiger partial charge in [0, 0.05) is 10.9 Å². The Balaban J connectivity index is 1.88. The molecule has 0 saturated heterocycles. The molecule has 4 aromatic rings. The highest BCUT2D eigenvalue weighted by Crippen LogP contribution is 2.40. The summed E-state index contributed by atoms with van der Waals surface area (Å²) in [6.07, 6.45) is 0. The minimum Gasteiger partial charge on any atom is -0.497 e. The maximum absolute atomic E-state index is 6.33. The zero-order valence-corrected chi connectivity index (χ0v) is 16.9. The lowest BCUT2D eigenvalue weighted by molar-refractivity contribution is 0.415. The third-order valence-electron chi connectivity index (χ3n) is 4.15. The number of fused-ring (bicyclic) bond motifs is 1. The molecule has 0 aliphatic rings. The molecule has 1 N–H and O–H groups in total. The van der Waals surface area contributed by atoms with Gasteiger partial charge in [0.25, 0.3) is 0 Å². The van der Waals surface area contributed by atoms with Crippen LogP contribution in [0.15, 0.2) is 47.8 Å². The summed E-state index contributed by atoms with van der Waals surface area (Å²) in [6, 6.07) is 13.3. The molecule has 2 heterocycles. The molecule has 4 nitrogen and oxygen atoms in total. The first-order valence-electron chi connectivity index (χ1n) is 8.18. The van der Waals surface area contributed by atoms with Crippen molar-refractivity contribution in [3.63, 3.8) is 0 Å². The minimum absolute atomic E-state index is 0.535. The second-order valence-corrected chi connectivity index (χ2v) is 7.57. The SMILES string of the molecule is COc1ccc(-c2csc3nc(C)nc(Nc4c(Cl)cccc4Cl)c23)cc1. The van der Waals surface area contributed by atoms with Crippen molar-refractivity contribution in [3.8, 4) is 16.9 Å². The lowest BCUT2D eigenvalue weighted by Crippen LogP contribution is -1.99. The lowest BCUT2D eigenvalue weighted by atomic mass is 10.1. The van der Waals surface area contributed by atoms with Crippen molar-refractivity contribution in [1.82, 2.24) is 9.97 Å². The van der Waals surface area contributed by atoms with Crippen LogP contribution in [0, 0.1) is 6.92 Å². The average Bonchev–Trinajstić information content (AvgIpc) is 3.08. The highest BCUT2D eigenvalue weighted by atomic mass is 35.5. The zero-order chi connectivity index (χ0) is 19.0. The van der Waals surface area contributed by atoms with E-state index in [0.717, 1.165) is 27.1 Å². The molecule has 0 radical (unpaired) electrons. The number of rotatable bonds is 4. The number of halogens is 2. The van der Waals surface area contributed by atoms with Gasteiger partial charge in [-0.15, -0.1) is 11.3 Å². The van der Waals surface area contributed by atoms with Gasteiger partial charge in [-0.05, 0) is 36.8 Å². The number of aryl methyl sites for hydroxylation is 1. The van der Waals surface area contributed by atoms with Gasteiger partial charge < -0.3 is 10.1 Å². The topological polar surface area (TPSA) is 47.0 Å². The van der Waals surface area contributed by atoms with Crippen LogP contribution in [0.25, 0.3) is 21.3 Å². The number of ether oxygens (including phenoxy) is 1. The van der Waals surface area contributed by atoms with Crippen molar-refractivity contribution < 1.29 is 4.74 Å². The number of aromatic nitrogens is 2. The fourth-order valence-electron chi connectivity index (χ4n) is 2.86. The van der Waals surface area contributed by atoms with Gasteiger partial charge in [0.15, 0.2) is 0 Å². The predicted molar refractivity (Wildman–Crippen MR) is 114 cm³/mol. The van der Waals surface area contributed by atoms with E-state index >= 15 is 0 Å². The molecular weight excluding hydrogens is 401 g/mol. The van der Waals surface area contributed by atoms with Gasteiger partial charge in [0.05, 0.1) is 28.2 Å². The summed E-state index contributed by atoms with van der Waals surface area (Å²) in [5.41, 5.74) is 2.73. The number of para-hydroxylation sites is 1. The number of methoxy groups -OCH3 is 1. The average molecular weight is 416 g/mol. The van der Waals surface area contributed by atoms with Crippen LogP contribution in [0.3, 0.4) is 0 Å². The Morgan fingerprint density at radius 2 is 1.70 bits per heavy atom. The van der Waals surface area contributed by atoms with E-state index in [2.05, 4.69) is 20.7 Å². The van der Waals surface area contributed by atoms with Crippen LogP contribution in [-0.2, 0) is 0 Å². The smallest absolute Gasteiger partial charge is 0.143 e.